The van der Waals surface area contributed by atoms with Crippen molar-refractivity contribution < 1.29 is 9.59 Å². The molecule has 0 saturated heterocycles. The third kappa shape index (κ3) is 3.56. The Kier molecular flexibility index (Phi) is 4.75. The van der Waals surface area contributed by atoms with Gasteiger partial charge in [-0.25, -0.2) is 4.79 Å². The number of nitrogens with zero attached hydrogens (tertiary/aromatic N) is 2. The average molecular weight is 392 g/mol. The van der Waals surface area contributed by atoms with Gasteiger partial charge in [0.05, 0.1) is 10.9 Å². The highest BCUT2D eigenvalue weighted by Crippen LogP contribution is 2.30. The number of anilines is 2. The molecule has 4 rings (SSSR count). The highest BCUT2D eigenvalue weighted by molar-refractivity contribution is 5.95. The quantitative estimate of drug-likeness (QED) is 0.704. The van der Waals surface area contributed by atoms with Crippen molar-refractivity contribution in [2.75, 3.05) is 16.8 Å². The number of nitrogens with one attached hydrogen (secondary N) is 2. The Hall–Kier alpha value is -3.68. The zero-order valence-corrected chi connectivity index (χ0v) is 15.9. The monoisotopic (exact) mass is 392 g/mol. The number of carbonyl (C=O) groups excluding carboxylic acids is 2. The second-order valence-electron chi connectivity index (χ2n) is 6.99. The average Bonchev–Trinajstić information content (AvgIpc) is 3.11. The van der Waals surface area contributed by atoms with E-state index >= 15 is 0 Å². The maximum absolute atomic E-state index is 12.4. The number of carbonyl (C=O) groups is 2. The SMILES string of the molecule is CC(=O)N1CCc2cc(NC(=O)CCn3c(=O)[nH]c(=O)c4ccccc43)ccc21. The van der Waals surface area contributed by atoms with Crippen LogP contribution < -0.4 is 21.5 Å². The molecule has 0 saturated carbocycles. The molecule has 0 aliphatic carbocycles. The lowest BCUT2D eigenvalue weighted by atomic mass is 10.1. The van der Waals surface area contributed by atoms with E-state index in [2.05, 4.69) is 10.3 Å². The van der Waals surface area contributed by atoms with Crippen LogP contribution in [-0.4, -0.2) is 27.9 Å². The van der Waals surface area contributed by atoms with Crippen LogP contribution in [-0.2, 0) is 22.6 Å². The third-order valence-electron chi connectivity index (χ3n) is 5.11. The van der Waals surface area contributed by atoms with Crippen molar-refractivity contribution in [1.29, 1.82) is 0 Å². The van der Waals surface area contributed by atoms with E-state index < -0.39 is 11.2 Å². The highest BCUT2D eigenvalue weighted by Gasteiger charge is 2.22. The number of rotatable bonds is 4. The lowest BCUT2D eigenvalue weighted by Gasteiger charge is -2.15. The molecule has 8 heteroatoms. The first-order valence-electron chi connectivity index (χ1n) is 9.37. The Morgan fingerprint density at radius 2 is 1.93 bits per heavy atom. The fourth-order valence-corrected chi connectivity index (χ4v) is 3.71. The fourth-order valence-electron chi connectivity index (χ4n) is 3.71. The molecular formula is C21H20N4O4. The molecule has 2 amide bonds. The zero-order chi connectivity index (χ0) is 20.5. The summed E-state index contributed by atoms with van der Waals surface area (Å²) in [5.74, 6) is -0.243. The number of amides is 2. The summed E-state index contributed by atoms with van der Waals surface area (Å²) in [5.41, 5.74) is 2.06. The van der Waals surface area contributed by atoms with E-state index in [1.54, 1.807) is 35.2 Å². The van der Waals surface area contributed by atoms with Crippen molar-refractivity contribution in [1.82, 2.24) is 9.55 Å². The molecule has 1 aromatic heterocycles. The van der Waals surface area contributed by atoms with Gasteiger partial charge in [0.15, 0.2) is 0 Å². The van der Waals surface area contributed by atoms with Gasteiger partial charge in [0, 0.05) is 37.8 Å². The van der Waals surface area contributed by atoms with Gasteiger partial charge in [-0.3, -0.25) is 23.9 Å². The number of para-hydroxylation sites is 1. The summed E-state index contributed by atoms with van der Waals surface area (Å²) in [6.07, 6.45) is 0.823. The van der Waals surface area contributed by atoms with Crippen molar-refractivity contribution in [2.45, 2.75) is 26.3 Å². The minimum atomic E-state index is -0.539. The van der Waals surface area contributed by atoms with Crippen LogP contribution in [0.15, 0.2) is 52.1 Å². The van der Waals surface area contributed by atoms with Gasteiger partial charge < -0.3 is 10.2 Å². The molecular weight excluding hydrogens is 372 g/mol. The molecule has 0 bridgehead atoms. The van der Waals surface area contributed by atoms with E-state index in [1.807, 2.05) is 12.1 Å². The number of H-pyrrole nitrogens is 1. The maximum Gasteiger partial charge on any atom is 0.328 e. The van der Waals surface area contributed by atoms with Gasteiger partial charge in [-0.1, -0.05) is 12.1 Å². The number of aromatic amines is 1. The van der Waals surface area contributed by atoms with Gasteiger partial charge in [-0.05, 0) is 42.3 Å². The molecule has 0 unspecified atom stereocenters. The Balaban J connectivity index is 1.48. The van der Waals surface area contributed by atoms with Crippen LogP contribution in [0, 0.1) is 0 Å². The Morgan fingerprint density at radius 3 is 2.72 bits per heavy atom. The van der Waals surface area contributed by atoms with Crippen LogP contribution in [0.1, 0.15) is 18.9 Å². The Morgan fingerprint density at radius 1 is 1.14 bits per heavy atom. The number of hydrogen-bond donors (Lipinski definition) is 2. The predicted octanol–water partition coefficient (Wildman–Crippen LogP) is 1.63. The summed E-state index contributed by atoms with van der Waals surface area (Å²) >= 11 is 0. The van der Waals surface area contributed by atoms with Crippen molar-refractivity contribution in [3.8, 4) is 0 Å². The van der Waals surface area contributed by atoms with Crippen LogP contribution in [0.2, 0.25) is 0 Å². The van der Waals surface area contributed by atoms with Crippen LogP contribution in [0.25, 0.3) is 10.9 Å². The molecule has 0 atom stereocenters. The van der Waals surface area contributed by atoms with E-state index in [4.69, 9.17) is 0 Å². The number of hydrogen-bond acceptors (Lipinski definition) is 4. The van der Waals surface area contributed by atoms with Gasteiger partial charge in [-0.2, -0.15) is 0 Å². The van der Waals surface area contributed by atoms with Crippen LogP contribution in [0.3, 0.4) is 0 Å². The molecule has 1 aliphatic heterocycles. The summed E-state index contributed by atoms with van der Waals surface area (Å²) in [5, 5.41) is 3.24. The summed E-state index contributed by atoms with van der Waals surface area (Å²) in [6.45, 7) is 2.32. The van der Waals surface area contributed by atoms with Crippen molar-refractivity contribution in [3.05, 3.63) is 68.9 Å². The molecule has 2 heterocycles. The first-order chi connectivity index (χ1) is 13.9. The molecule has 0 spiro atoms. The largest absolute Gasteiger partial charge is 0.328 e. The van der Waals surface area contributed by atoms with Crippen molar-refractivity contribution in [2.24, 2.45) is 0 Å². The van der Waals surface area contributed by atoms with Crippen LogP contribution in [0.4, 0.5) is 11.4 Å². The number of benzene rings is 2. The van der Waals surface area contributed by atoms with Gasteiger partial charge in [-0.15, -0.1) is 0 Å². The maximum atomic E-state index is 12.4. The van der Waals surface area contributed by atoms with E-state index in [9.17, 15) is 19.2 Å². The fraction of sp³-hybridized carbons (Fsp3) is 0.238. The summed E-state index contributed by atoms with van der Waals surface area (Å²) in [6, 6.07) is 12.3. The van der Waals surface area contributed by atoms with Gasteiger partial charge in [0.1, 0.15) is 0 Å². The van der Waals surface area contributed by atoms with Crippen molar-refractivity contribution >= 4 is 34.1 Å². The smallest absolute Gasteiger partial charge is 0.326 e. The minimum Gasteiger partial charge on any atom is -0.326 e. The van der Waals surface area contributed by atoms with E-state index in [0.717, 1.165) is 17.7 Å². The first kappa shape index (κ1) is 18.7. The Labute approximate surface area is 165 Å². The normalized spacial score (nSPS) is 12.8. The number of fused-ring (bicyclic) bond motifs is 2. The number of aromatic nitrogens is 2. The number of aryl methyl sites for hydroxylation is 1. The second kappa shape index (κ2) is 7.38. The first-order valence-corrected chi connectivity index (χ1v) is 9.37. The molecule has 0 radical (unpaired) electrons. The third-order valence-corrected chi connectivity index (χ3v) is 5.11. The molecule has 8 nitrogen and oxygen atoms in total. The van der Waals surface area contributed by atoms with Crippen LogP contribution >= 0.6 is 0 Å². The van der Waals surface area contributed by atoms with Gasteiger partial charge >= 0.3 is 5.69 Å². The molecule has 29 heavy (non-hydrogen) atoms. The Bertz CT molecular complexity index is 1240. The molecule has 3 aromatic rings. The summed E-state index contributed by atoms with van der Waals surface area (Å²) < 4.78 is 1.39. The molecule has 1 aliphatic rings. The van der Waals surface area contributed by atoms with E-state index in [-0.39, 0.29) is 24.8 Å². The van der Waals surface area contributed by atoms with Crippen molar-refractivity contribution in [3.63, 3.8) is 0 Å². The summed E-state index contributed by atoms with van der Waals surface area (Å²) in [7, 11) is 0. The van der Waals surface area contributed by atoms with Gasteiger partial charge in [0.2, 0.25) is 11.8 Å². The minimum absolute atomic E-state index is 0.000827. The van der Waals surface area contributed by atoms with Crippen LogP contribution in [0.5, 0.6) is 0 Å². The molecule has 2 N–H and O–H groups in total. The van der Waals surface area contributed by atoms with E-state index in [0.29, 0.717) is 23.1 Å². The lowest BCUT2D eigenvalue weighted by Crippen LogP contribution is -2.31. The topological polar surface area (TPSA) is 104 Å². The molecule has 148 valence electrons. The zero-order valence-electron chi connectivity index (χ0n) is 15.9. The summed E-state index contributed by atoms with van der Waals surface area (Å²) in [4.78, 5) is 52.1. The molecule has 2 aromatic carbocycles. The predicted molar refractivity (Wildman–Crippen MR) is 110 cm³/mol. The standard InChI is InChI=1S/C21H20N4O4/c1-13(26)24-10-8-14-12-15(6-7-17(14)24)22-19(27)9-11-25-18-5-3-2-4-16(18)20(28)23-21(25)29/h2-7,12H,8-11H2,1H3,(H,22,27)(H,23,28,29). The molecule has 0 fully saturated rings. The highest BCUT2D eigenvalue weighted by atomic mass is 16.2. The second-order valence-corrected chi connectivity index (χ2v) is 6.99. The lowest BCUT2D eigenvalue weighted by molar-refractivity contribution is -0.117. The van der Waals surface area contributed by atoms with Gasteiger partial charge in [0.25, 0.3) is 5.56 Å². The van der Waals surface area contributed by atoms with E-state index in [1.165, 1.54) is 11.5 Å².